The number of ether oxygens (including phenoxy) is 2. The number of esters is 1. The first-order valence-electron chi connectivity index (χ1n) is 11.3. The van der Waals surface area contributed by atoms with E-state index in [0.29, 0.717) is 17.9 Å². The zero-order valence-electron chi connectivity index (χ0n) is 19.3. The van der Waals surface area contributed by atoms with E-state index in [0.717, 1.165) is 29.5 Å². The molecule has 4 rings (SSSR count). The summed E-state index contributed by atoms with van der Waals surface area (Å²) < 4.78 is 11.4. The van der Waals surface area contributed by atoms with Crippen molar-refractivity contribution in [1.82, 2.24) is 4.90 Å². The van der Waals surface area contributed by atoms with Crippen LogP contribution in [0.4, 0.5) is 5.69 Å². The lowest BCUT2D eigenvalue weighted by Gasteiger charge is -2.37. The summed E-state index contributed by atoms with van der Waals surface area (Å²) in [6, 6.07) is 12.8. The molecule has 33 heavy (non-hydrogen) atoms. The smallest absolute Gasteiger partial charge is 0.339 e. The van der Waals surface area contributed by atoms with Gasteiger partial charge in [0.25, 0.3) is 5.91 Å². The van der Waals surface area contributed by atoms with Gasteiger partial charge in [0.15, 0.2) is 5.60 Å². The highest BCUT2D eigenvalue weighted by Crippen LogP contribution is 2.30. The molecule has 1 saturated heterocycles. The molecule has 7 nitrogen and oxygen atoms in total. The van der Waals surface area contributed by atoms with Gasteiger partial charge >= 0.3 is 5.97 Å². The second-order valence-electron chi connectivity index (χ2n) is 9.07. The van der Waals surface area contributed by atoms with Gasteiger partial charge in [-0.1, -0.05) is 30.3 Å². The van der Waals surface area contributed by atoms with Gasteiger partial charge < -0.3 is 19.7 Å². The van der Waals surface area contributed by atoms with Gasteiger partial charge in [0.05, 0.1) is 11.7 Å². The number of amides is 2. The predicted octanol–water partition coefficient (Wildman–Crippen LogP) is 3.42. The predicted molar refractivity (Wildman–Crippen MR) is 124 cm³/mol. The summed E-state index contributed by atoms with van der Waals surface area (Å²) >= 11 is 0. The molecule has 0 saturated carbocycles. The fourth-order valence-electron chi connectivity index (χ4n) is 4.49. The van der Waals surface area contributed by atoms with Crippen LogP contribution in [0.15, 0.2) is 42.5 Å². The van der Waals surface area contributed by atoms with E-state index in [2.05, 4.69) is 5.32 Å². The van der Waals surface area contributed by atoms with Gasteiger partial charge in [-0.25, -0.2) is 4.79 Å². The fraction of sp³-hybridized carbons (Fsp3) is 0.423. The van der Waals surface area contributed by atoms with Crippen LogP contribution in [0.25, 0.3) is 0 Å². The minimum Gasteiger partial charge on any atom is -0.445 e. The highest BCUT2D eigenvalue weighted by Gasteiger charge is 2.45. The van der Waals surface area contributed by atoms with Crippen LogP contribution in [0.2, 0.25) is 0 Å². The first kappa shape index (κ1) is 23.0. The number of anilines is 1. The molecule has 2 amide bonds. The highest BCUT2D eigenvalue weighted by atomic mass is 16.6. The van der Waals surface area contributed by atoms with E-state index in [9.17, 15) is 14.4 Å². The van der Waals surface area contributed by atoms with Gasteiger partial charge in [0, 0.05) is 25.3 Å². The van der Waals surface area contributed by atoms with Crippen molar-refractivity contribution < 1.29 is 23.9 Å². The number of cyclic esters (lactones) is 1. The number of hydrogen-bond acceptors (Lipinski definition) is 5. The quantitative estimate of drug-likeness (QED) is 0.682. The summed E-state index contributed by atoms with van der Waals surface area (Å²) in [5.41, 5.74) is 2.62. The Balaban J connectivity index is 1.55. The minimum absolute atomic E-state index is 0.141. The number of hydrogen-bond donors (Lipinski definition) is 1. The summed E-state index contributed by atoms with van der Waals surface area (Å²) in [5.74, 6) is -1.22. The molecule has 2 heterocycles. The van der Waals surface area contributed by atoms with Crippen LogP contribution < -0.4 is 5.32 Å². The van der Waals surface area contributed by atoms with E-state index in [4.69, 9.17) is 9.47 Å². The van der Waals surface area contributed by atoms with Crippen LogP contribution in [0, 0.1) is 13.8 Å². The SMILES string of the molecule is Cc1cccc(NC(=O)CN(CC2CCCO2)C(=O)C2(C)Cc3ccccc3C(=O)O2)c1C. The van der Waals surface area contributed by atoms with E-state index in [1.165, 1.54) is 4.90 Å². The van der Waals surface area contributed by atoms with Crippen LogP contribution >= 0.6 is 0 Å². The number of nitrogens with one attached hydrogen (secondary N) is 1. The van der Waals surface area contributed by atoms with Gasteiger partial charge in [0.2, 0.25) is 5.91 Å². The maximum absolute atomic E-state index is 13.7. The molecule has 0 aromatic heterocycles. The third-order valence-corrected chi connectivity index (χ3v) is 6.48. The summed E-state index contributed by atoms with van der Waals surface area (Å²) in [6.07, 6.45) is 1.86. The van der Waals surface area contributed by atoms with Gasteiger partial charge in [-0.3, -0.25) is 9.59 Å². The van der Waals surface area contributed by atoms with Crippen LogP contribution in [0.3, 0.4) is 0 Å². The number of fused-ring (bicyclic) bond motifs is 1. The number of carbonyl (C=O) groups is 3. The lowest BCUT2D eigenvalue weighted by Crippen LogP contribution is -2.56. The van der Waals surface area contributed by atoms with Crippen molar-refractivity contribution >= 4 is 23.5 Å². The average molecular weight is 451 g/mol. The Bertz CT molecular complexity index is 1080. The van der Waals surface area contributed by atoms with Crippen molar-refractivity contribution in [2.45, 2.75) is 51.7 Å². The minimum atomic E-state index is -1.39. The second kappa shape index (κ2) is 9.35. The van der Waals surface area contributed by atoms with Crippen LogP contribution in [0.5, 0.6) is 0 Å². The summed E-state index contributed by atoms with van der Waals surface area (Å²) in [7, 11) is 0. The number of benzene rings is 2. The number of aryl methyl sites for hydroxylation is 1. The maximum atomic E-state index is 13.7. The molecule has 2 unspecified atom stereocenters. The lowest BCUT2D eigenvalue weighted by atomic mass is 9.88. The van der Waals surface area contributed by atoms with Crippen molar-refractivity contribution in [2.24, 2.45) is 0 Å². The van der Waals surface area contributed by atoms with E-state index in [1.807, 2.05) is 44.2 Å². The Morgan fingerprint density at radius 3 is 2.70 bits per heavy atom. The van der Waals surface area contributed by atoms with Crippen LogP contribution in [-0.4, -0.2) is 54.1 Å². The number of rotatable bonds is 6. The molecule has 0 aliphatic carbocycles. The second-order valence-corrected chi connectivity index (χ2v) is 9.07. The molecule has 1 N–H and O–H groups in total. The molecule has 2 aliphatic rings. The van der Waals surface area contributed by atoms with Crippen LogP contribution in [0.1, 0.15) is 46.8 Å². The summed E-state index contributed by atoms with van der Waals surface area (Å²) in [5, 5.41) is 2.92. The zero-order chi connectivity index (χ0) is 23.6. The molecule has 2 aliphatic heterocycles. The molecule has 2 atom stereocenters. The first-order valence-corrected chi connectivity index (χ1v) is 11.3. The van der Waals surface area contributed by atoms with Crippen molar-refractivity contribution in [3.63, 3.8) is 0 Å². The summed E-state index contributed by atoms with van der Waals surface area (Å²) in [6.45, 7) is 6.30. The van der Waals surface area contributed by atoms with Gasteiger partial charge in [-0.2, -0.15) is 0 Å². The van der Waals surface area contributed by atoms with Gasteiger partial charge in [0.1, 0.15) is 6.54 Å². The molecule has 2 aromatic rings. The fourth-order valence-corrected chi connectivity index (χ4v) is 4.49. The third-order valence-electron chi connectivity index (χ3n) is 6.48. The maximum Gasteiger partial charge on any atom is 0.339 e. The van der Waals surface area contributed by atoms with Crippen molar-refractivity contribution in [2.75, 3.05) is 25.0 Å². The molecular weight excluding hydrogens is 420 g/mol. The van der Waals surface area contributed by atoms with E-state index < -0.39 is 17.5 Å². The molecular formula is C26H30N2O5. The largest absolute Gasteiger partial charge is 0.445 e. The van der Waals surface area contributed by atoms with Crippen molar-refractivity contribution in [1.29, 1.82) is 0 Å². The van der Waals surface area contributed by atoms with Gasteiger partial charge in [-0.05, 0) is 62.4 Å². The molecule has 7 heteroatoms. The third kappa shape index (κ3) is 4.93. The average Bonchev–Trinajstić information content (AvgIpc) is 3.29. The van der Waals surface area contributed by atoms with E-state index in [-0.39, 0.29) is 31.5 Å². The van der Waals surface area contributed by atoms with Crippen molar-refractivity contribution in [3.8, 4) is 0 Å². The molecule has 174 valence electrons. The molecule has 0 spiro atoms. The van der Waals surface area contributed by atoms with E-state index in [1.54, 1.807) is 19.1 Å². The summed E-state index contributed by atoms with van der Waals surface area (Å²) in [4.78, 5) is 40.7. The topological polar surface area (TPSA) is 84.9 Å². The monoisotopic (exact) mass is 450 g/mol. The highest BCUT2D eigenvalue weighted by molar-refractivity contribution is 6.00. The number of nitrogens with zero attached hydrogens (tertiary/aromatic N) is 1. The standard InChI is InChI=1S/C26H30N2O5/c1-17-8-6-12-22(18(17)2)27-23(29)16-28(15-20-10-7-13-32-20)25(31)26(3)14-19-9-4-5-11-21(19)24(30)33-26/h4-6,8-9,11-12,20H,7,10,13-16H2,1-3H3,(H,27,29). The van der Waals surface area contributed by atoms with Crippen LogP contribution in [-0.2, 0) is 25.5 Å². The zero-order valence-corrected chi connectivity index (χ0v) is 19.3. The first-order chi connectivity index (χ1) is 15.8. The molecule has 0 radical (unpaired) electrons. The van der Waals surface area contributed by atoms with Gasteiger partial charge in [-0.15, -0.1) is 0 Å². The molecule has 1 fully saturated rings. The van der Waals surface area contributed by atoms with E-state index >= 15 is 0 Å². The Hall–Kier alpha value is -3.19. The Kier molecular flexibility index (Phi) is 6.51. The normalized spacial score (nSPS) is 21.8. The lowest BCUT2D eigenvalue weighted by molar-refractivity contribution is -0.154. The van der Waals surface area contributed by atoms with Crippen molar-refractivity contribution in [3.05, 3.63) is 64.7 Å². The Morgan fingerprint density at radius 2 is 1.94 bits per heavy atom. The molecule has 0 bridgehead atoms. The Morgan fingerprint density at radius 1 is 1.15 bits per heavy atom. The molecule has 2 aromatic carbocycles. The Labute approximate surface area is 194 Å². The number of carbonyl (C=O) groups excluding carboxylic acids is 3.